The van der Waals surface area contributed by atoms with E-state index in [0.717, 1.165) is 12.1 Å². The summed E-state index contributed by atoms with van der Waals surface area (Å²) in [5.74, 6) is -2.41. The number of aromatic nitrogens is 1. The number of amides is 1. The molecule has 31 heavy (non-hydrogen) atoms. The van der Waals surface area contributed by atoms with Crippen molar-refractivity contribution in [1.29, 1.82) is 0 Å². The quantitative estimate of drug-likeness (QED) is 0.459. The number of nitrogens with zero attached hydrogens (tertiary/aromatic N) is 1. The maximum atomic E-state index is 12.8. The zero-order valence-corrected chi connectivity index (χ0v) is 16.8. The van der Waals surface area contributed by atoms with Crippen LogP contribution in [-0.4, -0.2) is 28.6 Å². The molecule has 1 amide bonds. The molecule has 7 nitrogen and oxygen atoms in total. The third kappa shape index (κ3) is 5.59. The molecule has 0 aliphatic rings. The molecule has 0 atom stereocenters. The number of pyridine rings is 1. The number of halogens is 4. The lowest BCUT2D eigenvalue weighted by molar-refractivity contribution is -0.0510. The summed E-state index contributed by atoms with van der Waals surface area (Å²) >= 11 is 12.0. The third-order valence-corrected chi connectivity index (χ3v) is 4.40. The van der Waals surface area contributed by atoms with Gasteiger partial charge in [0.2, 0.25) is 0 Å². The van der Waals surface area contributed by atoms with Gasteiger partial charge >= 0.3 is 12.6 Å². The second kappa shape index (κ2) is 9.59. The summed E-state index contributed by atoms with van der Waals surface area (Å²) in [5, 5.41) is 11.8. The number of ether oxygens (including phenoxy) is 2. The number of hydrogen-bond donors (Lipinski definition) is 2. The van der Waals surface area contributed by atoms with E-state index in [0.29, 0.717) is 0 Å². The van der Waals surface area contributed by atoms with Gasteiger partial charge in [-0.2, -0.15) is 8.78 Å². The SMILES string of the molecule is O=C(O)c1cccc(Oc2cc(C(=O)Nc3c(Cl)cncc3Cl)ccc2OC(F)F)c1. The Kier molecular flexibility index (Phi) is 6.88. The number of aromatic carboxylic acids is 1. The van der Waals surface area contributed by atoms with E-state index in [-0.39, 0.29) is 44.1 Å². The summed E-state index contributed by atoms with van der Waals surface area (Å²) in [6.45, 7) is -3.15. The smallest absolute Gasteiger partial charge is 0.387 e. The lowest BCUT2D eigenvalue weighted by Gasteiger charge is -2.14. The molecule has 0 aliphatic carbocycles. The molecule has 0 unspecified atom stereocenters. The molecule has 0 saturated heterocycles. The zero-order valence-electron chi connectivity index (χ0n) is 15.3. The van der Waals surface area contributed by atoms with Gasteiger partial charge in [0.1, 0.15) is 5.75 Å². The molecule has 0 bridgehead atoms. The van der Waals surface area contributed by atoms with Gasteiger partial charge in [-0.3, -0.25) is 9.78 Å². The molecule has 0 radical (unpaired) electrons. The average molecular weight is 469 g/mol. The molecule has 11 heteroatoms. The molecule has 2 aromatic carbocycles. The number of hydrogen-bond acceptors (Lipinski definition) is 5. The van der Waals surface area contributed by atoms with Crippen LogP contribution in [0.5, 0.6) is 17.2 Å². The summed E-state index contributed by atoms with van der Waals surface area (Å²) in [4.78, 5) is 27.5. The first-order valence-electron chi connectivity index (χ1n) is 8.45. The minimum atomic E-state index is -3.15. The lowest BCUT2D eigenvalue weighted by Crippen LogP contribution is -2.13. The maximum Gasteiger partial charge on any atom is 0.387 e. The first kappa shape index (κ1) is 22.3. The van der Waals surface area contributed by atoms with Gasteiger partial charge in [-0.05, 0) is 36.4 Å². The Morgan fingerprint density at radius 1 is 1.00 bits per heavy atom. The van der Waals surface area contributed by atoms with Crippen molar-refractivity contribution < 1.29 is 33.0 Å². The Morgan fingerprint density at radius 2 is 1.71 bits per heavy atom. The number of nitrogens with one attached hydrogen (secondary N) is 1. The monoisotopic (exact) mass is 468 g/mol. The summed E-state index contributed by atoms with van der Waals surface area (Å²) in [5.41, 5.74) is 0.0486. The average Bonchev–Trinajstić information content (AvgIpc) is 2.72. The predicted molar refractivity (Wildman–Crippen MR) is 109 cm³/mol. The molecule has 3 rings (SSSR count). The Morgan fingerprint density at radius 3 is 2.35 bits per heavy atom. The number of alkyl halides is 2. The Balaban J connectivity index is 1.93. The van der Waals surface area contributed by atoms with Crippen molar-refractivity contribution >= 4 is 40.8 Å². The number of carboxylic acid groups (broad SMARTS) is 1. The van der Waals surface area contributed by atoms with Gasteiger partial charge < -0.3 is 19.9 Å². The van der Waals surface area contributed by atoms with E-state index in [1.165, 1.54) is 42.7 Å². The zero-order chi connectivity index (χ0) is 22.5. The van der Waals surface area contributed by atoms with Crippen LogP contribution in [0.2, 0.25) is 10.0 Å². The molecular weight excluding hydrogens is 457 g/mol. The van der Waals surface area contributed by atoms with E-state index in [4.69, 9.17) is 33.0 Å². The predicted octanol–water partition coefficient (Wildman–Crippen LogP) is 5.73. The molecule has 0 saturated carbocycles. The molecule has 0 spiro atoms. The Bertz CT molecular complexity index is 1120. The van der Waals surface area contributed by atoms with Crippen LogP contribution in [0, 0.1) is 0 Å². The van der Waals surface area contributed by atoms with E-state index in [1.54, 1.807) is 0 Å². The fourth-order valence-corrected chi connectivity index (χ4v) is 2.92. The van der Waals surface area contributed by atoms with Crippen LogP contribution >= 0.6 is 23.2 Å². The van der Waals surface area contributed by atoms with Crippen molar-refractivity contribution in [2.75, 3.05) is 5.32 Å². The highest BCUT2D eigenvalue weighted by Gasteiger charge is 2.18. The van der Waals surface area contributed by atoms with Crippen molar-refractivity contribution in [2.45, 2.75) is 6.61 Å². The number of carbonyl (C=O) groups excluding carboxylic acids is 1. The Labute approximate surface area is 184 Å². The summed E-state index contributed by atoms with van der Waals surface area (Å²) < 4.78 is 35.5. The molecule has 160 valence electrons. The fourth-order valence-electron chi connectivity index (χ4n) is 2.46. The third-order valence-electron chi connectivity index (χ3n) is 3.82. The van der Waals surface area contributed by atoms with E-state index in [9.17, 15) is 18.4 Å². The van der Waals surface area contributed by atoms with Crippen molar-refractivity contribution in [3.8, 4) is 17.2 Å². The van der Waals surface area contributed by atoms with Crippen LogP contribution in [0.15, 0.2) is 54.9 Å². The van der Waals surface area contributed by atoms with Gasteiger partial charge in [-0.15, -0.1) is 0 Å². The van der Waals surface area contributed by atoms with Crippen LogP contribution in [0.1, 0.15) is 20.7 Å². The first-order chi connectivity index (χ1) is 14.7. The molecule has 1 aromatic heterocycles. The van der Waals surface area contributed by atoms with Crippen LogP contribution in [0.25, 0.3) is 0 Å². The van der Waals surface area contributed by atoms with Crippen molar-refractivity contribution in [1.82, 2.24) is 4.98 Å². The summed E-state index contributed by atoms with van der Waals surface area (Å²) in [7, 11) is 0. The van der Waals surface area contributed by atoms with Gasteiger partial charge in [-0.1, -0.05) is 29.3 Å². The molecular formula is C20H12Cl2F2N2O5. The van der Waals surface area contributed by atoms with E-state index in [1.807, 2.05) is 0 Å². The molecule has 0 aliphatic heterocycles. The molecule has 1 heterocycles. The molecule has 2 N–H and O–H groups in total. The van der Waals surface area contributed by atoms with Gasteiger partial charge in [0.15, 0.2) is 11.5 Å². The number of benzene rings is 2. The van der Waals surface area contributed by atoms with E-state index >= 15 is 0 Å². The largest absolute Gasteiger partial charge is 0.478 e. The number of anilines is 1. The fraction of sp³-hybridized carbons (Fsp3) is 0.0500. The standard InChI is InChI=1S/C20H12Cl2F2N2O5/c21-13-8-25-9-14(22)17(13)26-18(27)10-4-5-15(31-20(23)24)16(7-10)30-12-3-1-2-11(6-12)19(28)29/h1-9,20H,(H,28,29)(H,25,26,27). The van der Waals surface area contributed by atoms with Crippen molar-refractivity contribution in [3.63, 3.8) is 0 Å². The van der Waals surface area contributed by atoms with Crippen LogP contribution < -0.4 is 14.8 Å². The highest BCUT2D eigenvalue weighted by Crippen LogP contribution is 2.35. The maximum absolute atomic E-state index is 12.8. The normalized spacial score (nSPS) is 10.6. The molecule has 0 fully saturated rings. The van der Waals surface area contributed by atoms with E-state index < -0.39 is 18.5 Å². The van der Waals surface area contributed by atoms with Crippen LogP contribution in [0.3, 0.4) is 0 Å². The highest BCUT2D eigenvalue weighted by molar-refractivity contribution is 6.39. The lowest BCUT2D eigenvalue weighted by atomic mass is 10.1. The summed E-state index contributed by atoms with van der Waals surface area (Å²) in [6.07, 6.45) is 2.57. The van der Waals surface area contributed by atoms with Crippen molar-refractivity contribution in [3.05, 3.63) is 76.0 Å². The van der Waals surface area contributed by atoms with Crippen molar-refractivity contribution in [2.24, 2.45) is 0 Å². The van der Waals surface area contributed by atoms with Crippen LogP contribution in [-0.2, 0) is 0 Å². The summed E-state index contributed by atoms with van der Waals surface area (Å²) in [6, 6.07) is 8.86. The second-order valence-electron chi connectivity index (χ2n) is 5.91. The topological polar surface area (TPSA) is 97.8 Å². The minimum Gasteiger partial charge on any atom is -0.478 e. The Hall–Kier alpha value is -3.43. The van der Waals surface area contributed by atoms with Gasteiger partial charge in [0.25, 0.3) is 5.91 Å². The highest BCUT2D eigenvalue weighted by atomic mass is 35.5. The number of carboxylic acids is 1. The molecule has 3 aromatic rings. The second-order valence-corrected chi connectivity index (χ2v) is 6.72. The first-order valence-corrected chi connectivity index (χ1v) is 9.20. The number of rotatable bonds is 7. The van der Waals surface area contributed by atoms with Gasteiger partial charge in [-0.25, -0.2) is 4.79 Å². The minimum absolute atomic E-state index is 0.00921. The van der Waals surface area contributed by atoms with E-state index in [2.05, 4.69) is 15.0 Å². The van der Waals surface area contributed by atoms with Gasteiger partial charge in [0, 0.05) is 18.0 Å². The van der Waals surface area contributed by atoms with Crippen LogP contribution in [0.4, 0.5) is 14.5 Å². The number of carbonyl (C=O) groups is 2. The van der Waals surface area contributed by atoms with Gasteiger partial charge in [0.05, 0.1) is 21.3 Å².